The summed E-state index contributed by atoms with van der Waals surface area (Å²) in [4.78, 5) is 11.6. The second kappa shape index (κ2) is 9.80. The maximum atomic E-state index is 11.6. The van der Waals surface area contributed by atoms with Crippen LogP contribution in [0.5, 0.6) is 5.75 Å². The van der Waals surface area contributed by atoms with Gasteiger partial charge in [-0.1, -0.05) is 37.3 Å². The lowest BCUT2D eigenvalue weighted by molar-refractivity contribution is 0.0698. The van der Waals surface area contributed by atoms with Crippen molar-refractivity contribution in [2.45, 2.75) is 40.2 Å². The third-order valence-electron chi connectivity index (χ3n) is 5.24. The summed E-state index contributed by atoms with van der Waals surface area (Å²) in [5.74, 6) is 2.46. The van der Waals surface area contributed by atoms with Gasteiger partial charge in [0.25, 0.3) is 0 Å². The van der Waals surface area contributed by atoms with Crippen molar-refractivity contribution in [3.05, 3.63) is 88.2 Å². The number of carboxylic acids is 1. The molecule has 31 heavy (non-hydrogen) atoms. The number of anilines is 1. The summed E-state index contributed by atoms with van der Waals surface area (Å²) in [5.41, 5.74) is 6.04. The Labute approximate surface area is 186 Å². The van der Waals surface area contributed by atoms with Crippen LogP contribution >= 0.6 is 8.86 Å². The molecule has 0 radical (unpaired) electrons. The van der Waals surface area contributed by atoms with E-state index in [0.29, 0.717) is 5.69 Å². The van der Waals surface area contributed by atoms with Crippen LogP contribution in [0.2, 0.25) is 0 Å². The predicted octanol–water partition coefficient (Wildman–Crippen LogP) is 6.83. The quantitative estimate of drug-likeness (QED) is 0.470. The molecule has 1 heterocycles. The molecule has 5 heteroatoms. The number of para-hydroxylation sites is 1. The molecule has 0 fully saturated rings. The summed E-state index contributed by atoms with van der Waals surface area (Å²) in [6.07, 6.45) is 7.17. The van der Waals surface area contributed by atoms with Gasteiger partial charge < -0.3 is 15.2 Å². The van der Waals surface area contributed by atoms with Crippen LogP contribution < -0.4 is 10.1 Å². The van der Waals surface area contributed by atoms with Crippen LogP contribution in [0.1, 0.15) is 60.3 Å². The monoisotopic (exact) mass is 433 g/mol. The molecule has 3 rings (SSSR count). The highest BCUT2D eigenvalue weighted by atomic mass is 31.0. The molecular formula is C26H28NO3P. The Bertz CT molecular complexity index is 1110. The van der Waals surface area contributed by atoms with Gasteiger partial charge >= 0.3 is 5.97 Å². The molecule has 2 aromatic rings. The van der Waals surface area contributed by atoms with Gasteiger partial charge in [-0.3, -0.25) is 0 Å². The van der Waals surface area contributed by atoms with E-state index in [1.54, 1.807) is 18.2 Å². The smallest absolute Gasteiger partial charge is 0.337 e. The zero-order valence-corrected chi connectivity index (χ0v) is 19.3. The van der Waals surface area contributed by atoms with Crippen LogP contribution in [0.25, 0.3) is 5.57 Å². The first-order chi connectivity index (χ1) is 14.9. The number of ether oxygens (including phenoxy) is 1. The van der Waals surface area contributed by atoms with E-state index in [2.05, 4.69) is 52.3 Å². The van der Waals surface area contributed by atoms with Gasteiger partial charge in [-0.05, 0) is 68.4 Å². The Kier molecular flexibility index (Phi) is 7.14. The Morgan fingerprint density at radius 3 is 2.68 bits per heavy atom. The lowest BCUT2D eigenvalue weighted by Crippen LogP contribution is -2.15. The molecule has 1 unspecified atom stereocenters. The number of carbonyl (C=O) groups is 1. The summed E-state index contributed by atoms with van der Waals surface area (Å²) >= 11 is 0. The van der Waals surface area contributed by atoms with Crippen LogP contribution in [0.4, 0.5) is 5.69 Å². The van der Waals surface area contributed by atoms with Crippen LogP contribution in [-0.2, 0) is 0 Å². The topological polar surface area (TPSA) is 58.6 Å². The number of hydrogen-bond donors (Lipinski definition) is 2. The molecule has 0 aromatic heterocycles. The molecule has 0 saturated carbocycles. The highest BCUT2D eigenvalue weighted by molar-refractivity contribution is 7.19. The SMILES string of the molecule is C/C=C(\C=P)C1=C/C(=C/CC)c2cc(C)cc(C(C)Nc3ccccc3C(=O)O)c2O1. The van der Waals surface area contributed by atoms with Gasteiger partial charge in [-0.15, -0.1) is 8.86 Å². The number of nitrogens with one attached hydrogen (secondary N) is 1. The van der Waals surface area contributed by atoms with Crippen molar-refractivity contribution < 1.29 is 14.6 Å². The average Bonchev–Trinajstić information content (AvgIpc) is 2.75. The summed E-state index contributed by atoms with van der Waals surface area (Å²) in [6.45, 7) is 8.17. The number of carboxylic acid groups (broad SMARTS) is 1. The maximum Gasteiger partial charge on any atom is 0.337 e. The minimum absolute atomic E-state index is 0.169. The Balaban J connectivity index is 2.10. The molecule has 160 valence electrons. The number of allylic oxidation sites excluding steroid dienone is 5. The molecular weight excluding hydrogens is 405 g/mol. The van der Waals surface area contributed by atoms with Crippen molar-refractivity contribution in [2.24, 2.45) is 0 Å². The first-order valence-electron chi connectivity index (χ1n) is 10.4. The molecule has 0 aliphatic carbocycles. The first kappa shape index (κ1) is 22.6. The fourth-order valence-corrected chi connectivity index (χ4v) is 4.05. The average molecular weight is 433 g/mol. The van der Waals surface area contributed by atoms with Crippen LogP contribution in [0, 0.1) is 6.92 Å². The molecule has 0 amide bonds. The minimum Gasteiger partial charge on any atom is -0.478 e. The highest BCUT2D eigenvalue weighted by Gasteiger charge is 2.25. The molecule has 2 aromatic carbocycles. The zero-order valence-electron chi connectivity index (χ0n) is 18.3. The van der Waals surface area contributed by atoms with Gasteiger partial charge in [0, 0.05) is 22.4 Å². The Hall–Kier alpha value is -3.10. The van der Waals surface area contributed by atoms with Crippen molar-refractivity contribution in [2.75, 3.05) is 5.32 Å². The third-order valence-corrected chi connectivity index (χ3v) is 5.55. The van der Waals surface area contributed by atoms with Gasteiger partial charge in [0.1, 0.15) is 11.5 Å². The van der Waals surface area contributed by atoms with E-state index < -0.39 is 5.97 Å². The molecule has 0 spiro atoms. The first-order valence-corrected chi connectivity index (χ1v) is 11.0. The van der Waals surface area contributed by atoms with E-state index in [9.17, 15) is 9.90 Å². The lowest BCUT2D eigenvalue weighted by atomic mass is 9.92. The van der Waals surface area contributed by atoms with Crippen molar-refractivity contribution in [3.63, 3.8) is 0 Å². The second-order valence-corrected chi connectivity index (χ2v) is 7.80. The van der Waals surface area contributed by atoms with Crippen LogP contribution in [0.3, 0.4) is 0 Å². The third kappa shape index (κ3) is 4.81. The van der Waals surface area contributed by atoms with Gasteiger partial charge in [-0.25, -0.2) is 4.79 Å². The summed E-state index contributed by atoms with van der Waals surface area (Å²) in [7, 11) is 3.49. The fourth-order valence-electron chi connectivity index (χ4n) is 3.74. The van der Waals surface area contributed by atoms with E-state index in [4.69, 9.17) is 4.74 Å². The highest BCUT2D eigenvalue weighted by Crippen LogP contribution is 2.42. The zero-order chi connectivity index (χ0) is 22.5. The summed E-state index contributed by atoms with van der Waals surface area (Å²) in [6, 6.07) is 11.0. The Morgan fingerprint density at radius 2 is 2.03 bits per heavy atom. The summed E-state index contributed by atoms with van der Waals surface area (Å²) in [5, 5.41) is 12.9. The van der Waals surface area contributed by atoms with Crippen molar-refractivity contribution in [1.82, 2.24) is 0 Å². The molecule has 0 bridgehead atoms. The molecule has 1 aliphatic rings. The second-order valence-electron chi connectivity index (χ2n) is 7.51. The van der Waals surface area contributed by atoms with Crippen molar-refractivity contribution in [3.8, 4) is 5.75 Å². The lowest BCUT2D eigenvalue weighted by Gasteiger charge is -2.27. The van der Waals surface area contributed by atoms with Crippen LogP contribution in [-0.4, -0.2) is 16.9 Å². The molecule has 1 atom stereocenters. The molecule has 0 saturated heterocycles. The summed E-state index contributed by atoms with van der Waals surface area (Å²) < 4.78 is 6.41. The van der Waals surface area contributed by atoms with Gasteiger partial charge in [0.05, 0.1) is 11.6 Å². The van der Waals surface area contributed by atoms with Gasteiger partial charge in [0.15, 0.2) is 0 Å². The normalized spacial score (nSPS) is 15.5. The minimum atomic E-state index is -0.957. The maximum absolute atomic E-state index is 11.6. The largest absolute Gasteiger partial charge is 0.478 e. The van der Waals surface area contributed by atoms with Crippen LogP contribution in [0.15, 0.2) is 66.0 Å². The van der Waals surface area contributed by atoms with Gasteiger partial charge in [-0.2, -0.15) is 0 Å². The van der Waals surface area contributed by atoms with E-state index in [1.807, 2.05) is 31.8 Å². The number of aromatic carboxylic acids is 1. The van der Waals surface area contributed by atoms with E-state index in [-0.39, 0.29) is 11.6 Å². The van der Waals surface area contributed by atoms with Gasteiger partial charge in [0.2, 0.25) is 0 Å². The number of aryl methyl sites for hydroxylation is 1. The molecule has 4 nitrogen and oxygen atoms in total. The number of benzene rings is 2. The van der Waals surface area contributed by atoms with Crippen molar-refractivity contribution in [1.29, 1.82) is 0 Å². The fraction of sp³-hybridized carbons (Fsp3) is 0.231. The number of rotatable bonds is 7. The number of hydrogen-bond acceptors (Lipinski definition) is 3. The van der Waals surface area contributed by atoms with Crippen molar-refractivity contribution >= 4 is 31.9 Å². The molecule has 2 N–H and O–H groups in total. The van der Waals surface area contributed by atoms with E-state index >= 15 is 0 Å². The predicted molar refractivity (Wildman–Crippen MR) is 132 cm³/mol. The Morgan fingerprint density at radius 1 is 1.29 bits per heavy atom. The van der Waals surface area contributed by atoms with E-state index in [0.717, 1.165) is 45.8 Å². The standard InChI is InChI=1S/C26H28NO3P/c1-5-9-19-14-24(18(6-2)15-31)30-25-21(12-16(3)13-22(19)25)17(4)27-23-11-8-7-10-20(23)26(28)29/h6-15,17,27,31H,5H2,1-4H3,(H,28,29)/b18-6+,19-9-. The molecule has 1 aliphatic heterocycles. The number of fused-ring (bicyclic) bond motifs is 1. The van der Waals surface area contributed by atoms with E-state index in [1.165, 1.54) is 0 Å².